The summed E-state index contributed by atoms with van der Waals surface area (Å²) in [5.74, 6) is 0. The highest BCUT2D eigenvalue weighted by Crippen LogP contribution is 2.30. The van der Waals surface area contributed by atoms with Crippen LogP contribution in [0.2, 0.25) is 10.0 Å². The lowest BCUT2D eigenvalue weighted by atomic mass is 10.2. The summed E-state index contributed by atoms with van der Waals surface area (Å²) in [6.45, 7) is 0.0880. The second-order valence-corrected chi connectivity index (χ2v) is 5.39. The van der Waals surface area contributed by atoms with Crippen LogP contribution in [0.15, 0.2) is 17.0 Å². The van der Waals surface area contributed by atoms with Crippen LogP contribution in [-0.4, -0.2) is 15.5 Å². The van der Waals surface area contributed by atoms with Crippen molar-refractivity contribution in [1.29, 1.82) is 0 Å². The molecular formula is C8H10Cl2N2O2S. The van der Waals surface area contributed by atoms with Crippen LogP contribution in [-0.2, 0) is 16.6 Å². The van der Waals surface area contributed by atoms with Crippen molar-refractivity contribution in [2.75, 3.05) is 7.05 Å². The van der Waals surface area contributed by atoms with Gasteiger partial charge in [-0.15, -0.1) is 0 Å². The Bertz CT molecular complexity index is 474. The summed E-state index contributed by atoms with van der Waals surface area (Å²) in [6.07, 6.45) is 0. The second kappa shape index (κ2) is 4.67. The molecule has 0 fully saturated rings. The van der Waals surface area contributed by atoms with Crippen molar-refractivity contribution in [3.8, 4) is 0 Å². The van der Waals surface area contributed by atoms with Gasteiger partial charge in [0, 0.05) is 17.1 Å². The first-order chi connectivity index (χ1) is 6.94. The topological polar surface area (TPSA) is 72.2 Å². The molecule has 3 N–H and O–H groups in total. The Balaban J connectivity index is 3.48. The molecule has 0 aliphatic heterocycles. The molecule has 0 unspecified atom stereocenters. The van der Waals surface area contributed by atoms with Gasteiger partial charge in [-0.25, -0.2) is 13.1 Å². The van der Waals surface area contributed by atoms with E-state index in [2.05, 4.69) is 4.72 Å². The highest BCUT2D eigenvalue weighted by molar-refractivity contribution is 7.89. The van der Waals surface area contributed by atoms with Crippen molar-refractivity contribution in [2.45, 2.75) is 11.4 Å². The lowest BCUT2D eigenvalue weighted by Gasteiger charge is -2.09. The Hall–Kier alpha value is -0.330. The van der Waals surface area contributed by atoms with Crippen LogP contribution in [0.25, 0.3) is 0 Å². The van der Waals surface area contributed by atoms with Crippen LogP contribution in [0.1, 0.15) is 5.56 Å². The zero-order valence-corrected chi connectivity index (χ0v) is 10.2. The summed E-state index contributed by atoms with van der Waals surface area (Å²) in [4.78, 5) is -0.0171. The molecule has 4 nitrogen and oxygen atoms in total. The zero-order valence-electron chi connectivity index (χ0n) is 7.92. The van der Waals surface area contributed by atoms with E-state index in [-0.39, 0.29) is 16.5 Å². The molecule has 0 aliphatic carbocycles. The van der Waals surface area contributed by atoms with Crippen molar-refractivity contribution in [2.24, 2.45) is 5.73 Å². The molecule has 0 amide bonds. The van der Waals surface area contributed by atoms with Gasteiger partial charge in [0.2, 0.25) is 10.0 Å². The minimum atomic E-state index is -3.57. The van der Waals surface area contributed by atoms with Crippen LogP contribution in [0.3, 0.4) is 0 Å². The number of halogens is 2. The van der Waals surface area contributed by atoms with E-state index in [0.29, 0.717) is 10.6 Å². The highest BCUT2D eigenvalue weighted by atomic mass is 35.5. The molecule has 0 heterocycles. The van der Waals surface area contributed by atoms with Crippen LogP contribution < -0.4 is 10.5 Å². The van der Waals surface area contributed by atoms with E-state index in [1.807, 2.05) is 0 Å². The molecule has 1 aromatic carbocycles. The second-order valence-electron chi connectivity index (χ2n) is 2.75. The van der Waals surface area contributed by atoms with Gasteiger partial charge in [-0.1, -0.05) is 23.2 Å². The van der Waals surface area contributed by atoms with E-state index in [4.69, 9.17) is 28.9 Å². The minimum absolute atomic E-state index is 0.0171. The SMILES string of the molecule is CNS(=O)(=O)c1ccc(Cl)c(CN)c1Cl. The molecule has 0 bridgehead atoms. The van der Waals surface area contributed by atoms with Crippen molar-refractivity contribution >= 4 is 33.2 Å². The third-order valence-electron chi connectivity index (χ3n) is 1.91. The fourth-order valence-electron chi connectivity index (χ4n) is 1.08. The number of hydrogen-bond donors (Lipinski definition) is 2. The molecule has 1 rings (SSSR count). The first-order valence-electron chi connectivity index (χ1n) is 4.04. The highest BCUT2D eigenvalue weighted by Gasteiger charge is 2.19. The van der Waals surface area contributed by atoms with E-state index < -0.39 is 10.0 Å². The average molecular weight is 269 g/mol. The normalized spacial score (nSPS) is 11.7. The first kappa shape index (κ1) is 12.7. The monoisotopic (exact) mass is 268 g/mol. The van der Waals surface area contributed by atoms with E-state index in [1.54, 1.807) is 0 Å². The summed E-state index contributed by atoms with van der Waals surface area (Å²) in [6, 6.07) is 2.80. The molecule has 7 heteroatoms. The molecule has 0 saturated heterocycles. The molecule has 0 radical (unpaired) electrons. The van der Waals surface area contributed by atoms with Crippen molar-refractivity contribution in [3.05, 3.63) is 27.7 Å². The molecule has 0 saturated carbocycles. The van der Waals surface area contributed by atoms with E-state index >= 15 is 0 Å². The van der Waals surface area contributed by atoms with Crippen molar-refractivity contribution in [1.82, 2.24) is 4.72 Å². The zero-order chi connectivity index (χ0) is 11.6. The molecule has 0 atom stereocenters. The maximum atomic E-state index is 11.5. The summed E-state index contributed by atoms with van der Waals surface area (Å²) in [7, 11) is -2.27. The predicted octanol–water partition coefficient (Wildman–Crippen LogP) is 1.36. The third-order valence-corrected chi connectivity index (χ3v) is 4.27. The maximum Gasteiger partial charge on any atom is 0.241 e. The lowest BCUT2D eigenvalue weighted by molar-refractivity contribution is 0.588. The fourth-order valence-corrected chi connectivity index (χ4v) is 2.74. The maximum absolute atomic E-state index is 11.5. The molecule has 0 aliphatic rings. The first-order valence-corrected chi connectivity index (χ1v) is 6.28. The molecule has 0 aromatic heterocycles. The largest absolute Gasteiger partial charge is 0.326 e. The van der Waals surface area contributed by atoms with E-state index in [0.717, 1.165) is 0 Å². The Kier molecular flexibility index (Phi) is 3.97. The Labute approximate surface area is 98.4 Å². The van der Waals surface area contributed by atoms with Gasteiger partial charge in [-0.2, -0.15) is 0 Å². The van der Waals surface area contributed by atoms with Crippen LogP contribution >= 0.6 is 23.2 Å². The van der Waals surface area contributed by atoms with Gasteiger partial charge in [0.25, 0.3) is 0 Å². The number of hydrogen-bond acceptors (Lipinski definition) is 3. The molecule has 1 aromatic rings. The molecule has 84 valence electrons. The number of nitrogens with two attached hydrogens (primary N) is 1. The summed E-state index contributed by atoms with van der Waals surface area (Å²) >= 11 is 11.7. The quantitative estimate of drug-likeness (QED) is 0.870. The number of sulfonamides is 1. The smallest absolute Gasteiger partial charge is 0.241 e. The van der Waals surface area contributed by atoms with Crippen LogP contribution in [0.4, 0.5) is 0 Å². The number of benzene rings is 1. The Morgan fingerprint density at radius 2 is 2.00 bits per heavy atom. The molecule has 0 spiro atoms. The van der Waals surface area contributed by atoms with E-state index in [9.17, 15) is 8.42 Å². The number of rotatable bonds is 3. The van der Waals surface area contributed by atoms with Crippen LogP contribution in [0.5, 0.6) is 0 Å². The standard InChI is InChI=1S/C8H10Cl2N2O2S/c1-12-15(13,14)7-3-2-6(9)5(4-11)8(7)10/h2-3,12H,4,11H2,1H3. The van der Waals surface area contributed by atoms with Gasteiger partial charge in [0.05, 0.1) is 5.02 Å². The van der Waals surface area contributed by atoms with Crippen molar-refractivity contribution < 1.29 is 8.42 Å². The van der Waals surface area contributed by atoms with Gasteiger partial charge in [-0.05, 0) is 19.2 Å². The van der Waals surface area contributed by atoms with Gasteiger partial charge in [0.15, 0.2) is 0 Å². The average Bonchev–Trinajstić information content (AvgIpc) is 2.18. The summed E-state index contributed by atoms with van der Waals surface area (Å²) in [5.41, 5.74) is 5.85. The predicted molar refractivity (Wildman–Crippen MR) is 60.6 cm³/mol. The summed E-state index contributed by atoms with van der Waals surface area (Å²) in [5, 5.41) is 0.428. The Morgan fingerprint density at radius 1 is 1.40 bits per heavy atom. The lowest BCUT2D eigenvalue weighted by Crippen LogP contribution is -2.19. The Morgan fingerprint density at radius 3 is 2.47 bits per heavy atom. The number of nitrogens with one attached hydrogen (secondary N) is 1. The van der Waals surface area contributed by atoms with Crippen molar-refractivity contribution in [3.63, 3.8) is 0 Å². The minimum Gasteiger partial charge on any atom is -0.326 e. The van der Waals surface area contributed by atoms with Gasteiger partial charge in [0.1, 0.15) is 4.90 Å². The van der Waals surface area contributed by atoms with Gasteiger partial charge >= 0.3 is 0 Å². The van der Waals surface area contributed by atoms with Crippen LogP contribution in [0, 0.1) is 0 Å². The third kappa shape index (κ3) is 2.43. The summed E-state index contributed by atoms with van der Waals surface area (Å²) < 4.78 is 25.2. The van der Waals surface area contributed by atoms with Gasteiger partial charge < -0.3 is 5.73 Å². The molecular weight excluding hydrogens is 259 g/mol. The fraction of sp³-hybridized carbons (Fsp3) is 0.250. The van der Waals surface area contributed by atoms with E-state index in [1.165, 1.54) is 19.2 Å². The molecule has 15 heavy (non-hydrogen) atoms. The van der Waals surface area contributed by atoms with Gasteiger partial charge in [-0.3, -0.25) is 0 Å².